The maximum Gasteiger partial charge on any atom is 0.342 e. The first-order valence-electron chi connectivity index (χ1n) is 5.58. The van der Waals surface area contributed by atoms with Crippen molar-refractivity contribution in [2.24, 2.45) is 0 Å². The molecule has 96 valence electrons. The van der Waals surface area contributed by atoms with Crippen LogP contribution in [-0.2, 0) is 14.1 Å². The van der Waals surface area contributed by atoms with E-state index in [0.717, 1.165) is 0 Å². The summed E-state index contributed by atoms with van der Waals surface area (Å²) < 4.78 is 16.4. The Balaban J connectivity index is 5.04. The van der Waals surface area contributed by atoms with Crippen LogP contribution in [0.5, 0.6) is 0 Å². The van der Waals surface area contributed by atoms with E-state index in [9.17, 15) is 19.1 Å². The first-order chi connectivity index (χ1) is 7.35. The third kappa shape index (κ3) is 3.30. The largest absolute Gasteiger partial charge is 0.465 e. The van der Waals surface area contributed by atoms with Crippen molar-refractivity contribution < 1.29 is 23.9 Å². The zero-order valence-corrected chi connectivity index (χ0v) is 11.0. The maximum atomic E-state index is 11.8. The number of rotatable bonds is 7. The first kappa shape index (κ1) is 15.6. The van der Waals surface area contributed by atoms with E-state index in [-0.39, 0.29) is 19.4 Å². The number of carbonyl (C=O) groups is 1. The number of esters is 1. The number of carbonyl (C=O) groups excluding carboxylic acids is 1. The van der Waals surface area contributed by atoms with Gasteiger partial charge in [0.05, 0.1) is 6.61 Å². The van der Waals surface area contributed by atoms with Crippen LogP contribution in [0.2, 0.25) is 0 Å². The van der Waals surface area contributed by atoms with Crippen LogP contribution >= 0.6 is 7.60 Å². The molecule has 0 radical (unpaired) electrons. The fourth-order valence-corrected chi connectivity index (χ4v) is 2.87. The minimum Gasteiger partial charge on any atom is -0.465 e. The molecule has 0 bridgehead atoms. The van der Waals surface area contributed by atoms with Gasteiger partial charge in [-0.25, -0.2) is 0 Å². The maximum absolute atomic E-state index is 11.8. The molecule has 0 heterocycles. The molecule has 0 aliphatic rings. The normalized spacial score (nSPS) is 15.6. The fourth-order valence-electron chi connectivity index (χ4n) is 1.64. The molecule has 0 spiro atoms. The van der Waals surface area contributed by atoms with Gasteiger partial charge in [-0.05, 0) is 19.3 Å². The van der Waals surface area contributed by atoms with Crippen molar-refractivity contribution in [2.75, 3.05) is 6.61 Å². The summed E-state index contributed by atoms with van der Waals surface area (Å²) in [5.74, 6) is -0.771. The van der Waals surface area contributed by atoms with Gasteiger partial charge in [-0.1, -0.05) is 27.2 Å². The summed E-state index contributed by atoms with van der Waals surface area (Å²) in [6, 6.07) is 0. The van der Waals surface area contributed by atoms with E-state index in [1.54, 1.807) is 13.8 Å². The second kappa shape index (κ2) is 6.38. The zero-order chi connectivity index (χ0) is 12.8. The van der Waals surface area contributed by atoms with E-state index in [4.69, 9.17) is 4.74 Å². The smallest absolute Gasteiger partial charge is 0.342 e. The summed E-state index contributed by atoms with van der Waals surface area (Å²) in [7, 11) is -4.49. The quantitative estimate of drug-likeness (QED) is 0.535. The molecule has 0 aliphatic heterocycles. The second-order valence-corrected chi connectivity index (χ2v) is 5.76. The van der Waals surface area contributed by atoms with Crippen LogP contribution in [0, 0.1) is 0 Å². The Morgan fingerprint density at radius 3 is 2.12 bits per heavy atom. The van der Waals surface area contributed by atoms with Crippen molar-refractivity contribution in [2.45, 2.75) is 51.6 Å². The lowest BCUT2D eigenvalue weighted by molar-refractivity contribution is -0.147. The zero-order valence-electron chi connectivity index (χ0n) is 10.1. The molecule has 0 aromatic carbocycles. The van der Waals surface area contributed by atoms with Crippen LogP contribution in [0.25, 0.3) is 0 Å². The molecule has 5 nitrogen and oxygen atoms in total. The molecule has 1 atom stereocenters. The molecule has 2 N–H and O–H groups in total. The average molecular weight is 252 g/mol. The van der Waals surface area contributed by atoms with Gasteiger partial charge in [0.1, 0.15) is 0 Å². The minimum absolute atomic E-state index is 0.0909. The lowest BCUT2D eigenvalue weighted by atomic mass is 10.00. The third-order valence-corrected chi connectivity index (χ3v) is 4.46. The summed E-state index contributed by atoms with van der Waals surface area (Å²) in [6.07, 6.45) is 1.41. The van der Waals surface area contributed by atoms with Crippen molar-refractivity contribution in [1.82, 2.24) is 0 Å². The van der Waals surface area contributed by atoms with E-state index < -0.39 is 18.7 Å². The molecule has 0 saturated heterocycles. The standard InChI is InChI=1S/C10H21O5P/c1-4-7-10(6-3,16(12,13)14)9(11)15-8-5-2/h4-8H2,1-3H3,(H2,12,13,14). The Morgan fingerprint density at radius 1 is 1.25 bits per heavy atom. The number of hydrogen-bond donors (Lipinski definition) is 2. The lowest BCUT2D eigenvalue weighted by Crippen LogP contribution is -2.39. The van der Waals surface area contributed by atoms with Gasteiger partial charge in [-0.2, -0.15) is 0 Å². The highest BCUT2D eigenvalue weighted by atomic mass is 31.2. The fraction of sp³-hybridized carbons (Fsp3) is 0.900. The highest BCUT2D eigenvalue weighted by molar-refractivity contribution is 7.54. The molecule has 0 saturated carbocycles. The van der Waals surface area contributed by atoms with Crippen LogP contribution in [0.3, 0.4) is 0 Å². The Morgan fingerprint density at radius 2 is 1.81 bits per heavy atom. The van der Waals surface area contributed by atoms with E-state index in [0.29, 0.717) is 12.8 Å². The van der Waals surface area contributed by atoms with Crippen molar-refractivity contribution in [3.05, 3.63) is 0 Å². The molecule has 0 fully saturated rings. The Labute approximate surface area is 96.4 Å². The number of hydrogen-bond acceptors (Lipinski definition) is 3. The molecule has 16 heavy (non-hydrogen) atoms. The predicted molar refractivity (Wildman–Crippen MR) is 61.2 cm³/mol. The van der Waals surface area contributed by atoms with Crippen LogP contribution in [-0.4, -0.2) is 27.5 Å². The van der Waals surface area contributed by atoms with Gasteiger partial charge >= 0.3 is 13.6 Å². The summed E-state index contributed by atoms with van der Waals surface area (Å²) in [5, 5.41) is -1.66. The number of ether oxygens (including phenoxy) is 1. The van der Waals surface area contributed by atoms with Crippen LogP contribution in [0.1, 0.15) is 46.5 Å². The molecule has 0 aromatic heterocycles. The van der Waals surface area contributed by atoms with Crippen LogP contribution in [0.4, 0.5) is 0 Å². The molecule has 0 amide bonds. The molecule has 0 aliphatic carbocycles. The van der Waals surface area contributed by atoms with Crippen molar-refractivity contribution >= 4 is 13.6 Å². The second-order valence-electron chi connectivity index (χ2n) is 3.82. The minimum atomic E-state index is -4.49. The molecular formula is C10H21O5P. The Hall–Kier alpha value is -0.380. The van der Waals surface area contributed by atoms with Gasteiger partial charge in [0.2, 0.25) is 0 Å². The van der Waals surface area contributed by atoms with Crippen molar-refractivity contribution in [1.29, 1.82) is 0 Å². The van der Waals surface area contributed by atoms with Gasteiger partial charge in [0, 0.05) is 0 Å². The molecule has 1 unspecified atom stereocenters. The highest BCUT2D eigenvalue weighted by Crippen LogP contribution is 2.55. The predicted octanol–water partition coefficient (Wildman–Crippen LogP) is 2.07. The lowest BCUT2D eigenvalue weighted by Gasteiger charge is -2.30. The molecule has 0 rings (SSSR count). The summed E-state index contributed by atoms with van der Waals surface area (Å²) >= 11 is 0. The van der Waals surface area contributed by atoms with E-state index in [1.807, 2.05) is 6.92 Å². The van der Waals surface area contributed by atoms with Crippen LogP contribution in [0.15, 0.2) is 0 Å². The highest BCUT2D eigenvalue weighted by Gasteiger charge is 2.52. The third-order valence-electron chi connectivity index (χ3n) is 2.62. The summed E-state index contributed by atoms with van der Waals surface area (Å²) in [5.41, 5.74) is 0. The molecule has 0 aromatic rings. The van der Waals surface area contributed by atoms with Gasteiger partial charge in [-0.3, -0.25) is 9.36 Å². The van der Waals surface area contributed by atoms with Gasteiger partial charge in [0.15, 0.2) is 5.16 Å². The van der Waals surface area contributed by atoms with Gasteiger partial charge in [-0.15, -0.1) is 0 Å². The Kier molecular flexibility index (Phi) is 6.23. The van der Waals surface area contributed by atoms with Crippen molar-refractivity contribution in [3.63, 3.8) is 0 Å². The SMILES string of the molecule is CCCOC(=O)C(CC)(CCC)P(=O)(O)O. The van der Waals surface area contributed by atoms with Gasteiger partial charge < -0.3 is 14.5 Å². The molecular weight excluding hydrogens is 231 g/mol. The van der Waals surface area contributed by atoms with E-state index in [1.165, 1.54) is 0 Å². The topological polar surface area (TPSA) is 83.8 Å². The average Bonchev–Trinajstić information content (AvgIpc) is 2.20. The van der Waals surface area contributed by atoms with Crippen molar-refractivity contribution in [3.8, 4) is 0 Å². The molecule has 6 heteroatoms. The summed E-state index contributed by atoms with van der Waals surface area (Å²) in [4.78, 5) is 30.5. The monoisotopic (exact) mass is 252 g/mol. The van der Waals surface area contributed by atoms with Gasteiger partial charge in [0.25, 0.3) is 0 Å². The van der Waals surface area contributed by atoms with E-state index >= 15 is 0 Å². The first-order valence-corrected chi connectivity index (χ1v) is 7.19. The summed E-state index contributed by atoms with van der Waals surface area (Å²) in [6.45, 7) is 5.41. The van der Waals surface area contributed by atoms with Crippen LogP contribution < -0.4 is 0 Å². The van der Waals surface area contributed by atoms with E-state index in [2.05, 4.69) is 0 Å². The Bertz CT molecular complexity index is 272.